The van der Waals surface area contributed by atoms with Gasteiger partial charge in [0.2, 0.25) is 5.91 Å². The molecule has 1 fully saturated rings. The fourth-order valence-corrected chi connectivity index (χ4v) is 2.32. The molecule has 0 saturated carbocycles. The number of anilines is 1. The zero-order valence-electron chi connectivity index (χ0n) is 12.2. The minimum Gasteiger partial charge on any atom is -0.492 e. The summed E-state index contributed by atoms with van der Waals surface area (Å²) in [6, 6.07) is 7.41. The number of carbonyl (C=O) groups excluding carboxylic acids is 1. The van der Waals surface area contributed by atoms with Crippen molar-refractivity contribution in [1.29, 1.82) is 0 Å². The van der Waals surface area contributed by atoms with Gasteiger partial charge in [-0.1, -0.05) is 12.1 Å². The van der Waals surface area contributed by atoms with Gasteiger partial charge in [-0.25, -0.2) is 0 Å². The van der Waals surface area contributed by atoms with Crippen molar-refractivity contribution in [1.82, 2.24) is 10.2 Å². The average molecular weight is 277 g/mol. The van der Waals surface area contributed by atoms with Gasteiger partial charge in [-0.2, -0.15) is 0 Å². The van der Waals surface area contributed by atoms with Gasteiger partial charge in [0, 0.05) is 26.2 Å². The van der Waals surface area contributed by atoms with E-state index >= 15 is 0 Å². The van der Waals surface area contributed by atoms with Crippen molar-refractivity contribution in [2.24, 2.45) is 0 Å². The highest BCUT2D eigenvalue weighted by atomic mass is 16.5. The Labute approximate surface area is 120 Å². The Morgan fingerprint density at radius 3 is 2.80 bits per heavy atom. The van der Waals surface area contributed by atoms with Crippen molar-refractivity contribution < 1.29 is 9.53 Å². The van der Waals surface area contributed by atoms with Crippen LogP contribution in [0, 0.1) is 0 Å². The van der Waals surface area contributed by atoms with Crippen molar-refractivity contribution in [3.63, 3.8) is 0 Å². The second kappa shape index (κ2) is 7.26. The van der Waals surface area contributed by atoms with E-state index in [2.05, 4.69) is 15.5 Å². The third kappa shape index (κ3) is 3.71. The number of piperazine rings is 1. The van der Waals surface area contributed by atoms with Crippen LogP contribution in [0.3, 0.4) is 0 Å². The van der Waals surface area contributed by atoms with Crippen LogP contribution in [-0.4, -0.2) is 49.6 Å². The first-order chi connectivity index (χ1) is 9.72. The SMILES string of the molecule is CCOc1ccccc1NC(=O)C(C)N1CCNCC1. The molecule has 1 unspecified atom stereocenters. The quantitative estimate of drug-likeness (QED) is 0.852. The van der Waals surface area contributed by atoms with Crippen LogP contribution >= 0.6 is 0 Å². The zero-order chi connectivity index (χ0) is 14.4. The fraction of sp³-hybridized carbons (Fsp3) is 0.533. The minimum atomic E-state index is -0.133. The first-order valence-corrected chi connectivity index (χ1v) is 7.20. The van der Waals surface area contributed by atoms with E-state index in [-0.39, 0.29) is 11.9 Å². The topological polar surface area (TPSA) is 53.6 Å². The smallest absolute Gasteiger partial charge is 0.241 e. The van der Waals surface area contributed by atoms with Crippen LogP contribution < -0.4 is 15.4 Å². The Balaban J connectivity index is 1.99. The van der Waals surface area contributed by atoms with Crippen LogP contribution in [0.4, 0.5) is 5.69 Å². The van der Waals surface area contributed by atoms with Crippen molar-refractivity contribution in [3.05, 3.63) is 24.3 Å². The van der Waals surface area contributed by atoms with Crippen LogP contribution in [0.15, 0.2) is 24.3 Å². The Kier molecular flexibility index (Phi) is 5.38. The maximum atomic E-state index is 12.3. The summed E-state index contributed by atoms with van der Waals surface area (Å²) in [4.78, 5) is 14.5. The van der Waals surface area contributed by atoms with Crippen LogP contribution in [-0.2, 0) is 4.79 Å². The number of para-hydroxylation sites is 2. The predicted molar refractivity (Wildman–Crippen MR) is 80.1 cm³/mol. The van der Waals surface area contributed by atoms with Crippen LogP contribution in [0.1, 0.15) is 13.8 Å². The molecule has 20 heavy (non-hydrogen) atoms. The molecule has 1 aromatic carbocycles. The highest BCUT2D eigenvalue weighted by Gasteiger charge is 2.23. The first kappa shape index (κ1) is 14.8. The van der Waals surface area contributed by atoms with Crippen molar-refractivity contribution >= 4 is 11.6 Å². The van der Waals surface area contributed by atoms with Gasteiger partial charge in [-0.3, -0.25) is 9.69 Å². The average Bonchev–Trinajstić information content (AvgIpc) is 2.49. The molecule has 1 aromatic rings. The molecule has 2 N–H and O–H groups in total. The fourth-order valence-electron chi connectivity index (χ4n) is 2.32. The highest BCUT2D eigenvalue weighted by Crippen LogP contribution is 2.24. The van der Waals surface area contributed by atoms with E-state index in [4.69, 9.17) is 4.74 Å². The Morgan fingerprint density at radius 2 is 2.10 bits per heavy atom. The third-order valence-electron chi connectivity index (χ3n) is 3.52. The lowest BCUT2D eigenvalue weighted by Crippen LogP contribution is -2.51. The number of carbonyl (C=O) groups is 1. The first-order valence-electron chi connectivity index (χ1n) is 7.20. The van der Waals surface area contributed by atoms with Crippen LogP contribution in [0.2, 0.25) is 0 Å². The van der Waals surface area contributed by atoms with Crippen molar-refractivity contribution in [2.75, 3.05) is 38.1 Å². The highest BCUT2D eigenvalue weighted by molar-refractivity contribution is 5.95. The summed E-state index contributed by atoms with van der Waals surface area (Å²) in [7, 11) is 0. The van der Waals surface area contributed by atoms with E-state index in [1.807, 2.05) is 38.1 Å². The molecular formula is C15H23N3O2. The molecular weight excluding hydrogens is 254 g/mol. The third-order valence-corrected chi connectivity index (χ3v) is 3.52. The number of rotatable bonds is 5. The van der Waals surface area contributed by atoms with Gasteiger partial charge in [-0.05, 0) is 26.0 Å². The number of ether oxygens (including phenoxy) is 1. The second-order valence-corrected chi connectivity index (χ2v) is 4.88. The molecule has 1 atom stereocenters. The lowest BCUT2D eigenvalue weighted by atomic mass is 10.2. The number of amides is 1. The van der Waals surface area contributed by atoms with Gasteiger partial charge in [0.15, 0.2) is 0 Å². The summed E-state index contributed by atoms with van der Waals surface area (Å²) in [5, 5.41) is 6.26. The van der Waals surface area contributed by atoms with Gasteiger partial charge in [0.1, 0.15) is 5.75 Å². The second-order valence-electron chi connectivity index (χ2n) is 4.88. The van der Waals surface area contributed by atoms with Crippen LogP contribution in [0.5, 0.6) is 5.75 Å². The minimum absolute atomic E-state index is 0.0130. The number of nitrogens with zero attached hydrogens (tertiary/aromatic N) is 1. The molecule has 5 nitrogen and oxygen atoms in total. The Morgan fingerprint density at radius 1 is 1.40 bits per heavy atom. The van der Waals surface area contributed by atoms with Crippen LogP contribution in [0.25, 0.3) is 0 Å². The molecule has 110 valence electrons. The van der Waals surface area contributed by atoms with Gasteiger partial charge in [0.25, 0.3) is 0 Å². The summed E-state index contributed by atoms with van der Waals surface area (Å²) in [6.07, 6.45) is 0. The summed E-state index contributed by atoms with van der Waals surface area (Å²) in [5.41, 5.74) is 0.737. The molecule has 2 rings (SSSR count). The monoisotopic (exact) mass is 277 g/mol. The summed E-state index contributed by atoms with van der Waals surface area (Å²) in [5.74, 6) is 0.731. The van der Waals surface area contributed by atoms with E-state index in [9.17, 15) is 4.79 Å². The molecule has 0 spiro atoms. The molecule has 1 aliphatic heterocycles. The lowest BCUT2D eigenvalue weighted by Gasteiger charge is -2.31. The predicted octanol–water partition coefficient (Wildman–Crippen LogP) is 1.32. The summed E-state index contributed by atoms with van der Waals surface area (Å²) in [6.45, 7) is 8.15. The normalized spacial score (nSPS) is 17.5. The standard InChI is InChI=1S/C15H23N3O2/c1-3-20-14-7-5-4-6-13(14)17-15(19)12(2)18-10-8-16-9-11-18/h4-7,12,16H,3,8-11H2,1-2H3,(H,17,19). The number of benzene rings is 1. The Hall–Kier alpha value is -1.59. The molecule has 1 heterocycles. The molecule has 0 radical (unpaired) electrons. The molecule has 1 amide bonds. The van der Waals surface area contributed by atoms with Crippen molar-refractivity contribution in [3.8, 4) is 5.75 Å². The summed E-state index contributed by atoms with van der Waals surface area (Å²) < 4.78 is 5.52. The maximum absolute atomic E-state index is 12.3. The maximum Gasteiger partial charge on any atom is 0.241 e. The molecule has 1 aliphatic rings. The zero-order valence-corrected chi connectivity index (χ0v) is 12.2. The van der Waals surface area contributed by atoms with Gasteiger partial charge in [0.05, 0.1) is 18.3 Å². The molecule has 0 bridgehead atoms. The van der Waals surface area contributed by atoms with E-state index in [1.54, 1.807) is 0 Å². The number of hydrogen-bond acceptors (Lipinski definition) is 4. The van der Waals surface area contributed by atoms with E-state index in [0.717, 1.165) is 37.6 Å². The number of hydrogen-bond donors (Lipinski definition) is 2. The number of nitrogens with one attached hydrogen (secondary N) is 2. The van der Waals surface area contributed by atoms with Gasteiger partial charge in [-0.15, -0.1) is 0 Å². The lowest BCUT2D eigenvalue weighted by molar-refractivity contribution is -0.121. The Bertz CT molecular complexity index is 444. The van der Waals surface area contributed by atoms with Crippen molar-refractivity contribution in [2.45, 2.75) is 19.9 Å². The van der Waals surface area contributed by atoms with E-state index in [1.165, 1.54) is 0 Å². The molecule has 0 aliphatic carbocycles. The molecule has 0 aromatic heterocycles. The van der Waals surface area contributed by atoms with Gasteiger partial charge >= 0.3 is 0 Å². The van der Waals surface area contributed by atoms with E-state index in [0.29, 0.717) is 6.61 Å². The molecule has 5 heteroatoms. The van der Waals surface area contributed by atoms with Gasteiger partial charge < -0.3 is 15.4 Å². The van der Waals surface area contributed by atoms with E-state index < -0.39 is 0 Å². The molecule has 1 saturated heterocycles. The summed E-state index contributed by atoms with van der Waals surface area (Å²) >= 11 is 0. The largest absolute Gasteiger partial charge is 0.492 e.